The van der Waals surface area contributed by atoms with Crippen molar-refractivity contribution in [1.82, 2.24) is 9.38 Å². The van der Waals surface area contributed by atoms with Gasteiger partial charge in [-0.25, -0.2) is 4.98 Å². The van der Waals surface area contributed by atoms with E-state index in [9.17, 15) is 0 Å². The van der Waals surface area contributed by atoms with Gasteiger partial charge < -0.3 is 15.3 Å². The standard InChI is InChI=1S/C8H7ClN4O/c9-5-1-2-7-11-6(8(10)12-14)4-13(7)3-5/h1-4,14H,(H2,10,12). The zero-order valence-electron chi connectivity index (χ0n) is 7.05. The first-order chi connectivity index (χ1) is 6.70. The van der Waals surface area contributed by atoms with Crippen molar-refractivity contribution >= 4 is 23.1 Å². The number of nitrogens with zero attached hydrogens (tertiary/aromatic N) is 3. The molecule has 0 spiro atoms. The van der Waals surface area contributed by atoms with Crippen molar-refractivity contribution in [2.75, 3.05) is 0 Å². The average Bonchev–Trinajstić information content (AvgIpc) is 2.59. The molecular formula is C8H7ClN4O. The molecule has 0 bridgehead atoms. The normalized spacial score (nSPS) is 12.2. The van der Waals surface area contributed by atoms with Crippen molar-refractivity contribution < 1.29 is 5.21 Å². The van der Waals surface area contributed by atoms with Gasteiger partial charge in [-0.2, -0.15) is 0 Å². The Hall–Kier alpha value is -1.75. The lowest BCUT2D eigenvalue weighted by Gasteiger charge is -1.91. The van der Waals surface area contributed by atoms with E-state index in [-0.39, 0.29) is 5.84 Å². The molecule has 0 aromatic carbocycles. The number of hydrogen-bond acceptors (Lipinski definition) is 3. The van der Waals surface area contributed by atoms with Crippen molar-refractivity contribution in [1.29, 1.82) is 0 Å². The number of rotatable bonds is 1. The van der Waals surface area contributed by atoms with Crippen LogP contribution in [-0.4, -0.2) is 20.4 Å². The van der Waals surface area contributed by atoms with E-state index in [0.717, 1.165) is 0 Å². The number of aromatic nitrogens is 2. The third-order valence-corrected chi connectivity index (χ3v) is 2.01. The number of pyridine rings is 1. The summed E-state index contributed by atoms with van der Waals surface area (Å²) in [4.78, 5) is 4.11. The van der Waals surface area contributed by atoms with Gasteiger partial charge in [-0.05, 0) is 12.1 Å². The Bertz CT molecular complexity index is 505. The molecule has 6 heteroatoms. The predicted octanol–water partition coefficient (Wildman–Crippen LogP) is 1.08. The topological polar surface area (TPSA) is 75.9 Å². The third-order valence-electron chi connectivity index (χ3n) is 1.79. The molecule has 0 aliphatic heterocycles. The molecule has 14 heavy (non-hydrogen) atoms. The Labute approximate surface area is 84.4 Å². The summed E-state index contributed by atoms with van der Waals surface area (Å²) in [6.07, 6.45) is 3.33. The molecule has 3 N–H and O–H groups in total. The van der Waals surface area contributed by atoms with Gasteiger partial charge in [0.2, 0.25) is 0 Å². The number of halogens is 1. The third kappa shape index (κ3) is 1.38. The lowest BCUT2D eigenvalue weighted by molar-refractivity contribution is 0.318. The fourth-order valence-electron chi connectivity index (χ4n) is 1.14. The van der Waals surface area contributed by atoms with Crippen molar-refractivity contribution in [2.45, 2.75) is 0 Å². The summed E-state index contributed by atoms with van der Waals surface area (Å²) in [7, 11) is 0. The van der Waals surface area contributed by atoms with Gasteiger partial charge in [-0.1, -0.05) is 16.8 Å². The smallest absolute Gasteiger partial charge is 0.190 e. The molecule has 0 fully saturated rings. The first kappa shape index (κ1) is 8.83. The van der Waals surface area contributed by atoms with Crippen LogP contribution in [0.15, 0.2) is 29.7 Å². The molecular weight excluding hydrogens is 204 g/mol. The summed E-state index contributed by atoms with van der Waals surface area (Å²) in [5.74, 6) is -0.0233. The van der Waals surface area contributed by atoms with Crippen LogP contribution in [-0.2, 0) is 0 Å². The van der Waals surface area contributed by atoms with E-state index < -0.39 is 0 Å². The largest absolute Gasteiger partial charge is 0.409 e. The molecule has 0 amide bonds. The second-order valence-corrected chi connectivity index (χ2v) is 3.16. The first-order valence-electron chi connectivity index (χ1n) is 3.83. The van der Waals surface area contributed by atoms with Gasteiger partial charge in [0.1, 0.15) is 11.3 Å². The number of nitrogens with two attached hydrogens (primary N) is 1. The summed E-state index contributed by atoms with van der Waals surface area (Å²) in [6.45, 7) is 0. The minimum Gasteiger partial charge on any atom is -0.409 e. The predicted molar refractivity (Wildman–Crippen MR) is 52.7 cm³/mol. The van der Waals surface area contributed by atoms with Crippen LogP contribution in [0.1, 0.15) is 5.69 Å². The zero-order valence-corrected chi connectivity index (χ0v) is 7.81. The average molecular weight is 211 g/mol. The van der Waals surface area contributed by atoms with E-state index in [4.69, 9.17) is 22.5 Å². The number of imidazole rings is 1. The highest BCUT2D eigenvalue weighted by Gasteiger charge is 2.05. The molecule has 0 atom stereocenters. The van der Waals surface area contributed by atoms with E-state index in [1.165, 1.54) is 0 Å². The fourth-order valence-corrected chi connectivity index (χ4v) is 1.31. The second kappa shape index (κ2) is 3.19. The molecule has 0 radical (unpaired) electrons. The Morgan fingerprint density at radius 3 is 3.00 bits per heavy atom. The minimum atomic E-state index is -0.0233. The summed E-state index contributed by atoms with van der Waals surface area (Å²) in [6, 6.07) is 3.47. The minimum absolute atomic E-state index is 0.0233. The maximum Gasteiger partial charge on any atom is 0.190 e. The fraction of sp³-hybridized carbons (Fsp3) is 0. The Morgan fingerprint density at radius 1 is 1.50 bits per heavy atom. The molecule has 0 aliphatic carbocycles. The Kier molecular flexibility index (Phi) is 2.01. The van der Waals surface area contributed by atoms with Gasteiger partial charge >= 0.3 is 0 Å². The van der Waals surface area contributed by atoms with E-state index in [2.05, 4.69) is 10.1 Å². The van der Waals surface area contributed by atoms with Crippen molar-refractivity contribution in [3.63, 3.8) is 0 Å². The SMILES string of the molecule is N/C(=N/O)c1cn2cc(Cl)ccc2n1. The highest BCUT2D eigenvalue weighted by Crippen LogP contribution is 2.11. The summed E-state index contributed by atoms with van der Waals surface area (Å²) >= 11 is 5.78. The molecule has 2 rings (SSSR count). The summed E-state index contributed by atoms with van der Waals surface area (Å²) < 4.78 is 1.70. The van der Waals surface area contributed by atoms with Gasteiger partial charge in [0.15, 0.2) is 5.84 Å². The molecule has 2 heterocycles. The van der Waals surface area contributed by atoms with Crippen LogP contribution in [0.25, 0.3) is 5.65 Å². The van der Waals surface area contributed by atoms with Gasteiger partial charge in [-0.15, -0.1) is 0 Å². The summed E-state index contributed by atoms with van der Waals surface area (Å²) in [5.41, 5.74) is 6.49. The van der Waals surface area contributed by atoms with Crippen LogP contribution in [0.2, 0.25) is 5.02 Å². The van der Waals surface area contributed by atoms with E-state index >= 15 is 0 Å². The maximum atomic E-state index is 8.46. The van der Waals surface area contributed by atoms with Crippen LogP contribution in [0, 0.1) is 0 Å². The molecule has 72 valence electrons. The highest BCUT2D eigenvalue weighted by molar-refractivity contribution is 6.30. The zero-order chi connectivity index (χ0) is 10.1. The van der Waals surface area contributed by atoms with Crippen molar-refractivity contribution in [3.8, 4) is 0 Å². The number of hydrogen-bond donors (Lipinski definition) is 2. The quantitative estimate of drug-likeness (QED) is 0.320. The molecule has 2 aromatic rings. The number of oxime groups is 1. The highest BCUT2D eigenvalue weighted by atomic mass is 35.5. The van der Waals surface area contributed by atoms with Crippen LogP contribution >= 0.6 is 11.6 Å². The lowest BCUT2D eigenvalue weighted by Crippen LogP contribution is -2.13. The Balaban J connectivity index is 2.62. The Morgan fingerprint density at radius 2 is 2.29 bits per heavy atom. The molecule has 0 saturated carbocycles. The van der Waals surface area contributed by atoms with Crippen molar-refractivity contribution in [3.05, 3.63) is 35.2 Å². The molecule has 2 aromatic heterocycles. The molecule has 0 saturated heterocycles. The number of fused-ring (bicyclic) bond motifs is 1. The maximum absolute atomic E-state index is 8.46. The molecule has 5 nitrogen and oxygen atoms in total. The van der Waals surface area contributed by atoms with Crippen LogP contribution in [0.5, 0.6) is 0 Å². The van der Waals surface area contributed by atoms with Crippen LogP contribution < -0.4 is 5.73 Å². The van der Waals surface area contributed by atoms with Gasteiger partial charge in [0.05, 0.1) is 5.02 Å². The van der Waals surface area contributed by atoms with Gasteiger partial charge in [0, 0.05) is 12.4 Å². The van der Waals surface area contributed by atoms with Crippen LogP contribution in [0.4, 0.5) is 0 Å². The van der Waals surface area contributed by atoms with Gasteiger partial charge in [0.25, 0.3) is 0 Å². The monoisotopic (exact) mass is 210 g/mol. The lowest BCUT2D eigenvalue weighted by atomic mass is 10.4. The molecule has 0 unspecified atom stereocenters. The van der Waals surface area contributed by atoms with E-state index in [0.29, 0.717) is 16.4 Å². The number of amidine groups is 1. The van der Waals surface area contributed by atoms with E-state index in [1.807, 2.05) is 0 Å². The first-order valence-corrected chi connectivity index (χ1v) is 4.20. The molecule has 0 aliphatic rings. The van der Waals surface area contributed by atoms with Gasteiger partial charge in [-0.3, -0.25) is 0 Å². The summed E-state index contributed by atoms with van der Waals surface area (Å²) in [5, 5.41) is 11.9. The van der Waals surface area contributed by atoms with Crippen LogP contribution in [0.3, 0.4) is 0 Å². The van der Waals surface area contributed by atoms with Crippen molar-refractivity contribution in [2.24, 2.45) is 10.9 Å². The second-order valence-electron chi connectivity index (χ2n) is 2.72. The van der Waals surface area contributed by atoms with E-state index in [1.54, 1.807) is 28.9 Å².